The highest BCUT2D eigenvalue weighted by atomic mass is 15.2. The lowest BCUT2D eigenvalue weighted by Gasteiger charge is -2.39. The fraction of sp³-hybridized carbons (Fsp3) is 0.667. The van der Waals surface area contributed by atoms with Crippen LogP contribution in [-0.2, 0) is 6.54 Å². The minimum absolute atomic E-state index is 0.589. The maximum atomic E-state index is 3.61. The Balaban J connectivity index is 2.08. The molecule has 2 atom stereocenters. The van der Waals surface area contributed by atoms with E-state index < -0.39 is 0 Å². The number of piperidine rings is 1. The van der Waals surface area contributed by atoms with Crippen molar-refractivity contribution in [3.63, 3.8) is 0 Å². The third kappa shape index (κ3) is 4.07. The minimum atomic E-state index is 0.589. The zero-order chi connectivity index (χ0) is 14.5. The number of aryl methyl sites for hydroxylation is 2. The van der Waals surface area contributed by atoms with Crippen molar-refractivity contribution in [2.75, 3.05) is 13.1 Å². The van der Waals surface area contributed by atoms with Gasteiger partial charge in [0.2, 0.25) is 0 Å². The van der Waals surface area contributed by atoms with E-state index in [1.54, 1.807) is 0 Å². The summed E-state index contributed by atoms with van der Waals surface area (Å²) >= 11 is 0. The molecule has 0 radical (unpaired) electrons. The van der Waals surface area contributed by atoms with Crippen molar-refractivity contribution < 1.29 is 0 Å². The van der Waals surface area contributed by atoms with Crippen LogP contribution in [0, 0.1) is 13.8 Å². The summed E-state index contributed by atoms with van der Waals surface area (Å²) in [5.74, 6) is 0. The van der Waals surface area contributed by atoms with Crippen LogP contribution in [0.5, 0.6) is 0 Å². The molecule has 2 nitrogen and oxygen atoms in total. The molecule has 1 heterocycles. The summed E-state index contributed by atoms with van der Waals surface area (Å²) in [6.45, 7) is 12.4. The Morgan fingerprint density at radius 3 is 2.55 bits per heavy atom. The van der Waals surface area contributed by atoms with Gasteiger partial charge in [-0.05, 0) is 52.3 Å². The van der Waals surface area contributed by atoms with E-state index in [0.29, 0.717) is 12.1 Å². The van der Waals surface area contributed by atoms with Crippen LogP contribution in [0.25, 0.3) is 0 Å². The van der Waals surface area contributed by atoms with Gasteiger partial charge in [-0.15, -0.1) is 0 Å². The lowest BCUT2D eigenvalue weighted by atomic mass is 9.95. The van der Waals surface area contributed by atoms with Crippen LogP contribution in [-0.4, -0.2) is 30.1 Å². The normalized spacial score (nSPS) is 21.9. The Labute approximate surface area is 124 Å². The second-order valence-corrected chi connectivity index (χ2v) is 6.38. The molecular formula is C18H30N2. The highest BCUT2D eigenvalue weighted by Gasteiger charge is 2.26. The van der Waals surface area contributed by atoms with E-state index in [2.05, 4.69) is 56.1 Å². The zero-order valence-electron chi connectivity index (χ0n) is 13.6. The molecule has 20 heavy (non-hydrogen) atoms. The van der Waals surface area contributed by atoms with Gasteiger partial charge in [-0.1, -0.05) is 42.7 Å². The monoisotopic (exact) mass is 274 g/mol. The first kappa shape index (κ1) is 15.5. The van der Waals surface area contributed by atoms with Crippen LogP contribution in [0.4, 0.5) is 0 Å². The quantitative estimate of drug-likeness (QED) is 0.881. The summed E-state index contributed by atoms with van der Waals surface area (Å²) in [5, 5.41) is 3.61. The Morgan fingerprint density at radius 2 is 1.90 bits per heavy atom. The molecule has 0 spiro atoms. The van der Waals surface area contributed by atoms with Crippen LogP contribution in [0.15, 0.2) is 18.2 Å². The first-order valence-electron chi connectivity index (χ1n) is 8.14. The second-order valence-electron chi connectivity index (χ2n) is 6.38. The van der Waals surface area contributed by atoms with Gasteiger partial charge >= 0.3 is 0 Å². The fourth-order valence-corrected chi connectivity index (χ4v) is 3.63. The average Bonchev–Trinajstić information content (AvgIpc) is 2.38. The molecule has 1 saturated heterocycles. The second kappa shape index (κ2) is 7.24. The van der Waals surface area contributed by atoms with Gasteiger partial charge in [0, 0.05) is 18.6 Å². The molecule has 0 bridgehead atoms. The van der Waals surface area contributed by atoms with E-state index in [1.807, 2.05) is 0 Å². The average molecular weight is 274 g/mol. The summed E-state index contributed by atoms with van der Waals surface area (Å²) in [4.78, 5) is 2.69. The summed E-state index contributed by atoms with van der Waals surface area (Å²) in [7, 11) is 0. The molecule has 0 aromatic heterocycles. The number of nitrogens with zero attached hydrogens (tertiary/aromatic N) is 1. The smallest absolute Gasteiger partial charge is 0.0250 e. The van der Waals surface area contributed by atoms with E-state index in [0.717, 1.165) is 13.1 Å². The van der Waals surface area contributed by atoms with Crippen LogP contribution >= 0.6 is 0 Å². The molecule has 112 valence electrons. The van der Waals surface area contributed by atoms with Crippen molar-refractivity contribution in [3.8, 4) is 0 Å². The first-order valence-corrected chi connectivity index (χ1v) is 8.14. The molecule has 2 unspecified atom stereocenters. The Hall–Kier alpha value is -0.860. The van der Waals surface area contributed by atoms with Gasteiger partial charge in [-0.25, -0.2) is 0 Å². The lowest BCUT2D eigenvalue weighted by molar-refractivity contribution is 0.112. The van der Waals surface area contributed by atoms with Crippen LogP contribution in [0.2, 0.25) is 0 Å². The van der Waals surface area contributed by atoms with Crippen molar-refractivity contribution >= 4 is 0 Å². The predicted octanol–water partition coefficient (Wildman–Crippen LogP) is 3.66. The molecule has 1 fully saturated rings. The number of benzene rings is 1. The fourth-order valence-electron chi connectivity index (χ4n) is 3.63. The molecule has 1 aromatic carbocycles. The molecule has 0 aliphatic carbocycles. The molecule has 2 rings (SSSR count). The van der Waals surface area contributed by atoms with Gasteiger partial charge in [0.05, 0.1) is 0 Å². The summed E-state index contributed by atoms with van der Waals surface area (Å²) in [6, 6.07) is 8.22. The highest BCUT2D eigenvalue weighted by molar-refractivity contribution is 5.28. The SMILES string of the molecule is CCNC(C)C1CCCCN1Cc1cc(C)cc(C)c1. The van der Waals surface area contributed by atoms with Gasteiger partial charge in [-0.2, -0.15) is 0 Å². The van der Waals surface area contributed by atoms with Crippen LogP contribution in [0.3, 0.4) is 0 Å². The first-order chi connectivity index (χ1) is 9.60. The van der Waals surface area contributed by atoms with E-state index >= 15 is 0 Å². The molecule has 1 aliphatic rings. The Kier molecular flexibility index (Phi) is 5.62. The highest BCUT2D eigenvalue weighted by Crippen LogP contribution is 2.23. The topological polar surface area (TPSA) is 15.3 Å². The van der Waals surface area contributed by atoms with Gasteiger partial charge in [0.1, 0.15) is 0 Å². The van der Waals surface area contributed by atoms with E-state index in [1.165, 1.54) is 42.5 Å². The standard InChI is InChI=1S/C18H30N2/c1-5-19-16(4)18-8-6-7-9-20(18)13-17-11-14(2)10-15(3)12-17/h10-12,16,18-19H,5-9,13H2,1-4H3. The number of hydrogen-bond donors (Lipinski definition) is 1. The van der Waals surface area contributed by atoms with E-state index in [4.69, 9.17) is 0 Å². The largest absolute Gasteiger partial charge is 0.313 e. The van der Waals surface area contributed by atoms with E-state index in [-0.39, 0.29) is 0 Å². The van der Waals surface area contributed by atoms with Gasteiger partial charge < -0.3 is 5.32 Å². The van der Waals surface area contributed by atoms with Crippen molar-refractivity contribution in [3.05, 3.63) is 34.9 Å². The van der Waals surface area contributed by atoms with Crippen molar-refractivity contribution in [1.29, 1.82) is 0 Å². The lowest BCUT2D eigenvalue weighted by Crippen LogP contribution is -2.50. The van der Waals surface area contributed by atoms with Gasteiger partial charge in [0.25, 0.3) is 0 Å². The Bertz CT molecular complexity index is 407. The molecule has 0 amide bonds. The van der Waals surface area contributed by atoms with Gasteiger partial charge in [0.15, 0.2) is 0 Å². The maximum Gasteiger partial charge on any atom is 0.0250 e. The van der Waals surface area contributed by atoms with Crippen molar-refractivity contribution in [2.45, 2.75) is 65.6 Å². The third-order valence-electron chi connectivity index (χ3n) is 4.43. The van der Waals surface area contributed by atoms with Crippen LogP contribution in [0.1, 0.15) is 49.8 Å². The molecule has 2 heteroatoms. The molecule has 0 saturated carbocycles. The predicted molar refractivity (Wildman–Crippen MR) is 87.1 cm³/mol. The van der Waals surface area contributed by atoms with E-state index in [9.17, 15) is 0 Å². The molecule has 1 N–H and O–H groups in total. The van der Waals surface area contributed by atoms with Crippen LogP contribution < -0.4 is 5.32 Å². The number of nitrogens with one attached hydrogen (secondary N) is 1. The maximum absolute atomic E-state index is 3.61. The Morgan fingerprint density at radius 1 is 1.20 bits per heavy atom. The number of hydrogen-bond acceptors (Lipinski definition) is 2. The van der Waals surface area contributed by atoms with Crippen molar-refractivity contribution in [1.82, 2.24) is 10.2 Å². The summed E-state index contributed by atoms with van der Waals surface area (Å²) in [6.07, 6.45) is 4.06. The summed E-state index contributed by atoms with van der Waals surface area (Å²) in [5.41, 5.74) is 4.24. The summed E-state index contributed by atoms with van der Waals surface area (Å²) < 4.78 is 0. The number of likely N-dealkylation sites (N-methyl/N-ethyl adjacent to an activating group) is 1. The molecule has 1 aliphatic heterocycles. The van der Waals surface area contributed by atoms with Crippen molar-refractivity contribution in [2.24, 2.45) is 0 Å². The minimum Gasteiger partial charge on any atom is -0.313 e. The zero-order valence-corrected chi connectivity index (χ0v) is 13.6. The molecular weight excluding hydrogens is 244 g/mol. The van der Waals surface area contributed by atoms with Gasteiger partial charge in [-0.3, -0.25) is 4.90 Å². The third-order valence-corrected chi connectivity index (χ3v) is 4.43. The molecule has 1 aromatic rings. The number of rotatable bonds is 5. The number of likely N-dealkylation sites (tertiary alicyclic amines) is 1.